The van der Waals surface area contributed by atoms with Crippen molar-refractivity contribution in [3.8, 4) is 11.5 Å². The van der Waals surface area contributed by atoms with Crippen molar-refractivity contribution in [3.05, 3.63) is 89.4 Å². The van der Waals surface area contributed by atoms with E-state index < -0.39 is 5.82 Å². The second-order valence-electron chi connectivity index (χ2n) is 7.67. The van der Waals surface area contributed by atoms with Gasteiger partial charge in [0.05, 0.1) is 12.8 Å². The summed E-state index contributed by atoms with van der Waals surface area (Å²) < 4.78 is 24.3. The predicted octanol–water partition coefficient (Wildman–Crippen LogP) is 4.42. The monoisotopic (exact) mass is 491 g/mol. The molecule has 7 nitrogen and oxygen atoms in total. The van der Waals surface area contributed by atoms with Crippen LogP contribution >= 0.6 is 12.2 Å². The Bertz CT molecular complexity index is 1320. The fourth-order valence-electron chi connectivity index (χ4n) is 3.46. The highest BCUT2D eigenvalue weighted by Gasteiger charge is 2.32. The standard InChI is InChI=1S/C26H22FN3O4S/c1-16-5-3-4-6-20(16)28-24(31)15-34-22-12-7-17(14-23(22)33-2)13-21-25(32)30(26(35)29-21)19-10-8-18(27)9-11-19/h3-14H,15H2,1-2H3,(H,28,31)(H,29,35)/b21-13+. The molecule has 1 aliphatic rings. The third kappa shape index (κ3) is 5.47. The van der Waals surface area contributed by atoms with Crippen molar-refractivity contribution < 1.29 is 23.5 Å². The van der Waals surface area contributed by atoms with Crippen LogP contribution in [0.3, 0.4) is 0 Å². The Morgan fingerprint density at radius 2 is 1.86 bits per heavy atom. The number of nitrogens with one attached hydrogen (secondary N) is 2. The van der Waals surface area contributed by atoms with Gasteiger partial charge in [0.1, 0.15) is 11.5 Å². The van der Waals surface area contributed by atoms with Gasteiger partial charge in [-0.3, -0.25) is 14.5 Å². The lowest BCUT2D eigenvalue weighted by Gasteiger charge is -2.13. The number of nitrogens with zero attached hydrogens (tertiary/aromatic N) is 1. The maximum Gasteiger partial charge on any atom is 0.281 e. The van der Waals surface area contributed by atoms with Gasteiger partial charge in [-0.1, -0.05) is 24.3 Å². The van der Waals surface area contributed by atoms with Gasteiger partial charge >= 0.3 is 0 Å². The van der Waals surface area contributed by atoms with Crippen molar-refractivity contribution >= 4 is 46.6 Å². The van der Waals surface area contributed by atoms with Gasteiger partial charge in [0.15, 0.2) is 23.2 Å². The van der Waals surface area contributed by atoms with E-state index >= 15 is 0 Å². The summed E-state index contributed by atoms with van der Waals surface area (Å²) in [6.45, 7) is 1.70. The van der Waals surface area contributed by atoms with Gasteiger partial charge in [-0.2, -0.15) is 0 Å². The van der Waals surface area contributed by atoms with E-state index in [4.69, 9.17) is 21.7 Å². The lowest BCUT2D eigenvalue weighted by molar-refractivity contribution is -0.118. The minimum Gasteiger partial charge on any atom is -0.493 e. The van der Waals surface area contributed by atoms with Gasteiger partial charge < -0.3 is 20.1 Å². The van der Waals surface area contributed by atoms with E-state index in [1.807, 2.05) is 31.2 Å². The number of para-hydroxylation sites is 1. The number of hydrogen-bond donors (Lipinski definition) is 2. The number of hydrogen-bond acceptors (Lipinski definition) is 5. The SMILES string of the molecule is COc1cc(/C=C2/NC(=S)N(c3ccc(F)cc3)C2=O)ccc1OCC(=O)Nc1ccccc1C. The zero-order chi connectivity index (χ0) is 24.9. The molecule has 0 aromatic heterocycles. The number of aryl methyl sites for hydroxylation is 1. The summed E-state index contributed by atoms with van der Waals surface area (Å²) in [5.41, 5.74) is 3.04. The minimum absolute atomic E-state index is 0.194. The van der Waals surface area contributed by atoms with E-state index in [-0.39, 0.29) is 29.2 Å². The largest absolute Gasteiger partial charge is 0.493 e. The Labute approximate surface area is 207 Å². The second kappa shape index (κ2) is 10.4. The Morgan fingerprint density at radius 3 is 2.57 bits per heavy atom. The molecule has 3 aromatic carbocycles. The number of anilines is 2. The highest BCUT2D eigenvalue weighted by molar-refractivity contribution is 7.80. The topological polar surface area (TPSA) is 79.9 Å². The summed E-state index contributed by atoms with van der Waals surface area (Å²) in [6, 6.07) is 18.0. The van der Waals surface area contributed by atoms with Gasteiger partial charge in [0.2, 0.25) is 0 Å². The van der Waals surface area contributed by atoms with Crippen LogP contribution in [0.15, 0.2) is 72.4 Å². The van der Waals surface area contributed by atoms with Gasteiger partial charge in [-0.15, -0.1) is 0 Å². The van der Waals surface area contributed by atoms with E-state index in [0.717, 1.165) is 11.3 Å². The third-order valence-electron chi connectivity index (χ3n) is 5.24. The molecule has 1 aliphatic heterocycles. The van der Waals surface area contributed by atoms with Crippen molar-refractivity contribution in [1.82, 2.24) is 5.32 Å². The molecule has 0 saturated carbocycles. The first kappa shape index (κ1) is 23.9. The number of halogens is 1. The molecular weight excluding hydrogens is 469 g/mol. The summed E-state index contributed by atoms with van der Waals surface area (Å²) >= 11 is 5.29. The molecular formula is C26H22FN3O4S. The van der Waals surface area contributed by atoms with E-state index in [2.05, 4.69) is 10.6 Å². The Kier molecular flexibility index (Phi) is 7.07. The summed E-state index contributed by atoms with van der Waals surface area (Å²) in [5, 5.41) is 5.89. The van der Waals surface area contributed by atoms with Gasteiger partial charge in [-0.25, -0.2) is 4.39 Å². The molecule has 2 N–H and O–H groups in total. The Balaban J connectivity index is 1.45. The number of carbonyl (C=O) groups excluding carboxylic acids is 2. The molecule has 1 fully saturated rings. The minimum atomic E-state index is -0.405. The zero-order valence-corrected chi connectivity index (χ0v) is 19.8. The molecule has 3 aromatic rings. The zero-order valence-electron chi connectivity index (χ0n) is 19.0. The summed E-state index contributed by atoms with van der Waals surface area (Å²) in [5.74, 6) is -0.302. The first-order valence-electron chi connectivity index (χ1n) is 10.6. The highest BCUT2D eigenvalue weighted by atomic mass is 32.1. The number of benzene rings is 3. The lowest BCUT2D eigenvalue weighted by Crippen LogP contribution is -2.30. The molecule has 9 heteroatoms. The summed E-state index contributed by atoms with van der Waals surface area (Å²) in [6.07, 6.45) is 1.62. The van der Waals surface area contributed by atoms with Crippen LogP contribution in [0.1, 0.15) is 11.1 Å². The second-order valence-corrected chi connectivity index (χ2v) is 8.05. The van der Waals surface area contributed by atoms with Crippen molar-refractivity contribution in [3.63, 3.8) is 0 Å². The van der Waals surface area contributed by atoms with Gasteiger partial charge in [0.25, 0.3) is 11.8 Å². The smallest absolute Gasteiger partial charge is 0.281 e. The van der Waals surface area contributed by atoms with Crippen LogP contribution in [0.5, 0.6) is 11.5 Å². The van der Waals surface area contributed by atoms with Crippen LogP contribution in [0.4, 0.5) is 15.8 Å². The van der Waals surface area contributed by atoms with Crippen LogP contribution in [0.25, 0.3) is 6.08 Å². The van der Waals surface area contributed by atoms with Gasteiger partial charge in [-0.05, 0) is 78.8 Å². The maximum absolute atomic E-state index is 13.2. The van der Waals surface area contributed by atoms with Crippen LogP contribution in [0, 0.1) is 12.7 Å². The number of amides is 2. The average molecular weight is 492 g/mol. The van der Waals surface area contributed by atoms with Crippen molar-refractivity contribution in [2.75, 3.05) is 23.9 Å². The van der Waals surface area contributed by atoms with E-state index in [0.29, 0.717) is 22.7 Å². The molecule has 1 heterocycles. The maximum atomic E-state index is 13.2. The molecule has 0 radical (unpaired) electrons. The van der Waals surface area contributed by atoms with Crippen LogP contribution < -0.4 is 25.0 Å². The van der Waals surface area contributed by atoms with Crippen molar-refractivity contribution in [1.29, 1.82) is 0 Å². The van der Waals surface area contributed by atoms with Crippen molar-refractivity contribution in [2.24, 2.45) is 0 Å². The Hall–Kier alpha value is -4.24. The lowest BCUT2D eigenvalue weighted by atomic mass is 10.1. The van der Waals surface area contributed by atoms with E-state index in [1.54, 1.807) is 24.3 Å². The number of ether oxygens (including phenoxy) is 2. The molecule has 2 amide bonds. The first-order chi connectivity index (χ1) is 16.9. The molecule has 0 bridgehead atoms. The number of carbonyl (C=O) groups is 2. The van der Waals surface area contributed by atoms with Crippen LogP contribution in [-0.4, -0.2) is 30.6 Å². The van der Waals surface area contributed by atoms with E-state index in [9.17, 15) is 14.0 Å². The number of methoxy groups -OCH3 is 1. The molecule has 0 spiro atoms. The fraction of sp³-hybridized carbons (Fsp3) is 0.115. The van der Waals surface area contributed by atoms with Crippen molar-refractivity contribution in [2.45, 2.75) is 6.92 Å². The molecule has 178 valence electrons. The molecule has 35 heavy (non-hydrogen) atoms. The summed E-state index contributed by atoms with van der Waals surface area (Å²) in [4.78, 5) is 26.5. The van der Waals surface area contributed by atoms with Crippen LogP contribution in [-0.2, 0) is 9.59 Å². The molecule has 0 unspecified atom stereocenters. The first-order valence-corrected chi connectivity index (χ1v) is 11.1. The molecule has 0 aliphatic carbocycles. The van der Waals surface area contributed by atoms with E-state index in [1.165, 1.54) is 36.3 Å². The average Bonchev–Trinajstić information content (AvgIpc) is 3.12. The number of rotatable bonds is 7. The molecule has 0 atom stereocenters. The van der Waals surface area contributed by atoms with Crippen LogP contribution in [0.2, 0.25) is 0 Å². The predicted molar refractivity (Wildman–Crippen MR) is 136 cm³/mol. The fourth-order valence-corrected chi connectivity index (χ4v) is 3.76. The quantitative estimate of drug-likeness (QED) is 0.376. The van der Waals surface area contributed by atoms with Gasteiger partial charge in [0, 0.05) is 5.69 Å². The molecule has 4 rings (SSSR count). The third-order valence-corrected chi connectivity index (χ3v) is 5.52. The normalized spacial score (nSPS) is 14.1. The summed E-state index contributed by atoms with van der Waals surface area (Å²) in [7, 11) is 1.48. The highest BCUT2D eigenvalue weighted by Crippen LogP contribution is 2.30. The number of thiocarbonyl (C=S) groups is 1. The molecule has 1 saturated heterocycles. The Morgan fingerprint density at radius 1 is 1.11 bits per heavy atom.